The Morgan fingerprint density at radius 2 is 1.54 bits per heavy atom. The Balaban J connectivity index is 1.82. The van der Waals surface area contributed by atoms with Gasteiger partial charge in [0.05, 0.1) is 21.3 Å². The zero-order chi connectivity index (χ0) is 18.7. The predicted molar refractivity (Wildman–Crippen MR) is 95.7 cm³/mol. The van der Waals surface area contributed by atoms with Crippen LogP contribution in [0, 0.1) is 0 Å². The Labute approximate surface area is 151 Å². The maximum Gasteiger partial charge on any atom is 0.269 e. The van der Waals surface area contributed by atoms with Crippen molar-refractivity contribution in [3.8, 4) is 28.7 Å². The van der Waals surface area contributed by atoms with Gasteiger partial charge in [-0.2, -0.15) is 0 Å². The zero-order valence-electron chi connectivity index (χ0n) is 15.1. The first-order valence-corrected chi connectivity index (χ1v) is 8.10. The fourth-order valence-corrected chi connectivity index (χ4v) is 2.77. The third-order valence-corrected chi connectivity index (χ3v) is 4.03. The largest absolute Gasteiger partial charge is 0.493 e. The first-order valence-electron chi connectivity index (χ1n) is 8.10. The van der Waals surface area contributed by atoms with Crippen molar-refractivity contribution in [3.63, 3.8) is 0 Å². The van der Waals surface area contributed by atoms with E-state index in [4.69, 9.17) is 23.7 Å². The van der Waals surface area contributed by atoms with Crippen LogP contribution in [0.3, 0.4) is 0 Å². The number of benzene rings is 2. The lowest BCUT2D eigenvalue weighted by Crippen LogP contribution is -2.46. The molecule has 0 spiro atoms. The van der Waals surface area contributed by atoms with Crippen molar-refractivity contribution in [1.82, 2.24) is 0 Å². The van der Waals surface area contributed by atoms with Crippen LogP contribution >= 0.6 is 0 Å². The van der Waals surface area contributed by atoms with E-state index in [0.717, 1.165) is 0 Å². The Morgan fingerprint density at radius 3 is 2.08 bits per heavy atom. The molecule has 0 unspecified atom stereocenters. The highest BCUT2D eigenvalue weighted by molar-refractivity contribution is 5.95. The predicted octanol–water partition coefficient (Wildman–Crippen LogP) is 2.88. The molecule has 3 rings (SSSR count). The van der Waals surface area contributed by atoms with Crippen LogP contribution < -0.4 is 29.0 Å². The van der Waals surface area contributed by atoms with Gasteiger partial charge in [0.15, 0.2) is 23.0 Å². The monoisotopic (exact) mass is 359 g/mol. The molecule has 138 valence electrons. The minimum Gasteiger partial charge on any atom is -0.493 e. The van der Waals surface area contributed by atoms with E-state index in [-0.39, 0.29) is 5.91 Å². The number of nitrogens with one attached hydrogen (secondary N) is 1. The number of para-hydroxylation sites is 2. The van der Waals surface area contributed by atoms with E-state index >= 15 is 0 Å². The van der Waals surface area contributed by atoms with Gasteiger partial charge in [0, 0.05) is 17.8 Å². The van der Waals surface area contributed by atoms with Gasteiger partial charge in [-0.1, -0.05) is 12.1 Å². The Bertz CT molecular complexity index is 781. The smallest absolute Gasteiger partial charge is 0.269 e. The summed E-state index contributed by atoms with van der Waals surface area (Å²) in [5, 5.41) is 2.81. The quantitative estimate of drug-likeness (QED) is 0.885. The number of fused-ring (bicyclic) bond motifs is 1. The molecule has 1 aliphatic rings. The molecule has 0 radical (unpaired) electrons. The third-order valence-electron chi connectivity index (χ3n) is 4.03. The number of hydrogen-bond donors (Lipinski definition) is 1. The van der Waals surface area contributed by atoms with Crippen LogP contribution in [-0.2, 0) is 4.79 Å². The highest BCUT2D eigenvalue weighted by atomic mass is 16.6. The molecule has 0 saturated carbocycles. The second kappa shape index (κ2) is 7.43. The summed E-state index contributed by atoms with van der Waals surface area (Å²) in [6, 6.07) is 10.6. The van der Waals surface area contributed by atoms with E-state index in [9.17, 15) is 4.79 Å². The van der Waals surface area contributed by atoms with Crippen LogP contribution in [0.5, 0.6) is 28.7 Å². The number of amides is 1. The fraction of sp³-hybridized carbons (Fsp3) is 0.316. The Morgan fingerprint density at radius 1 is 0.962 bits per heavy atom. The minimum atomic E-state index is -0.788. The average molecular weight is 359 g/mol. The van der Waals surface area contributed by atoms with Crippen molar-refractivity contribution in [2.24, 2.45) is 0 Å². The van der Waals surface area contributed by atoms with Gasteiger partial charge in [0.25, 0.3) is 5.91 Å². The first-order chi connectivity index (χ1) is 12.6. The topological polar surface area (TPSA) is 75.3 Å². The standard InChI is InChI=1S/C19H21NO6/c1-11-17(26-14-8-6-5-7-13(14)25-11)19(21)20-12-9-15(22-2)18(24-4)16(10-12)23-3/h5-11,17H,1-4H3,(H,20,21)/t11-,17-/m0/s1. The number of carbonyl (C=O) groups excluding carboxylic acids is 1. The summed E-state index contributed by atoms with van der Waals surface area (Å²) in [6.45, 7) is 1.79. The van der Waals surface area contributed by atoms with E-state index in [1.165, 1.54) is 21.3 Å². The first kappa shape index (κ1) is 17.7. The van der Waals surface area contributed by atoms with Crippen molar-refractivity contribution in [2.45, 2.75) is 19.1 Å². The summed E-state index contributed by atoms with van der Waals surface area (Å²) >= 11 is 0. The molecule has 1 aliphatic heterocycles. The molecule has 2 atom stereocenters. The number of rotatable bonds is 5. The molecule has 7 nitrogen and oxygen atoms in total. The number of ether oxygens (including phenoxy) is 5. The van der Waals surface area contributed by atoms with Crippen LogP contribution in [0.4, 0.5) is 5.69 Å². The molecular formula is C19H21NO6. The van der Waals surface area contributed by atoms with E-state index < -0.39 is 12.2 Å². The lowest BCUT2D eigenvalue weighted by atomic mass is 10.1. The second-order valence-electron chi connectivity index (χ2n) is 5.71. The van der Waals surface area contributed by atoms with Crippen LogP contribution in [0.25, 0.3) is 0 Å². The maximum atomic E-state index is 12.7. The molecule has 0 fully saturated rings. The summed E-state index contributed by atoms with van der Waals surface area (Å²) in [7, 11) is 4.55. The molecule has 0 aliphatic carbocycles. The van der Waals surface area contributed by atoms with Crippen molar-refractivity contribution in [3.05, 3.63) is 36.4 Å². The second-order valence-corrected chi connectivity index (χ2v) is 5.71. The van der Waals surface area contributed by atoms with Crippen molar-refractivity contribution < 1.29 is 28.5 Å². The Kier molecular flexibility index (Phi) is 5.06. The van der Waals surface area contributed by atoms with E-state index in [1.807, 2.05) is 12.1 Å². The lowest BCUT2D eigenvalue weighted by Gasteiger charge is -2.31. The van der Waals surface area contributed by atoms with Crippen LogP contribution in [0.1, 0.15) is 6.92 Å². The molecule has 0 aromatic heterocycles. The van der Waals surface area contributed by atoms with Crippen LogP contribution in [-0.4, -0.2) is 39.4 Å². The summed E-state index contributed by atoms with van der Waals surface area (Å²) in [5.74, 6) is 2.17. The minimum absolute atomic E-state index is 0.332. The summed E-state index contributed by atoms with van der Waals surface area (Å²) in [6.07, 6.45) is -1.23. The molecule has 1 amide bonds. The molecular weight excluding hydrogens is 338 g/mol. The Hall–Kier alpha value is -3.09. The number of methoxy groups -OCH3 is 3. The highest BCUT2D eigenvalue weighted by Gasteiger charge is 2.34. The van der Waals surface area contributed by atoms with Gasteiger partial charge in [0.1, 0.15) is 6.10 Å². The van der Waals surface area contributed by atoms with Crippen molar-refractivity contribution >= 4 is 11.6 Å². The molecule has 0 saturated heterocycles. The summed E-state index contributed by atoms with van der Waals surface area (Å²) in [4.78, 5) is 12.7. The van der Waals surface area contributed by atoms with Crippen LogP contribution in [0.15, 0.2) is 36.4 Å². The van der Waals surface area contributed by atoms with Crippen LogP contribution in [0.2, 0.25) is 0 Å². The molecule has 0 bridgehead atoms. The number of hydrogen-bond acceptors (Lipinski definition) is 6. The molecule has 2 aromatic rings. The molecule has 1 heterocycles. The van der Waals surface area contributed by atoms with Gasteiger partial charge in [0.2, 0.25) is 11.9 Å². The molecule has 7 heteroatoms. The lowest BCUT2D eigenvalue weighted by molar-refractivity contribution is -0.128. The van der Waals surface area contributed by atoms with Gasteiger partial charge in [-0.3, -0.25) is 4.79 Å². The summed E-state index contributed by atoms with van der Waals surface area (Å²) < 4.78 is 27.5. The molecule has 26 heavy (non-hydrogen) atoms. The zero-order valence-corrected chi connectivity index (χ0v) is 15.1. The third kappa shape index (κ3) is 3.33. The van der Waals surface area contributed by atoms with Crippen molar-refractivity contribution in [2.75, 3.05) is 26.6 Å². The highest BCUT2D eigenvalue weighted by Crippen LogP contribution is 2.40. The van der Waals surface area contributed by atoms with Gasteiger partial charge in [-0.05, 0) is 19.1 Å². The van der Waals surface area contributed by atoms with Gasteiger partial charge >= 0.3 is 0 Å². The molecule has 1 N–H and O–H groups in total. The maximum absolute atomic E-state index is 12.7. The van der Waals surface area contributed by atoms with Gasteiger partial charge in [-0.25, -0.2) is 0 Å². The van der Waals surface area contributed by atoms with Gasteiger partial charge in [-0.15, -0.1) is 0 Å². The SMILES string of the molecule is COc1cc(NC(=O)[C@H]2Oc3ccccc3O[C@H]2C)cc(OC)c1OC. The van der Waals surface area contributed by atoms with E-state index in [1.54, 1.807) is 31.2 Å². The van der Waals surface area contributed by atoms with E-state index in [0.29, 0.717) is 34.4 Å². The van der Waals surface area contributed by atoms with E-state index in [2.05, 4.69) is 5.32 Å². The number of anilines is 1. The fourth-order valence-electron chi connectivity index (χ4n) is 2.77. The normalized spacial score (nSPS) is 18.0. The average Bonchev–Trinajstić information content (AvgIpc) is 2.66. The number of carbonyl (C=O) groups is 1. The summed E-state index contributed by atoms with van der Waals surface area (Å²) in [5.41, 5.74) is 0.499. The molecule has 2 aromatic carbocycles. The van der Waals surface area contributed by atoms with Gasteiger partial charge < -0.3 is 29.0 Å². The van der Waals surface area contributed by atoms with Crippen molar-refractivity contribution in [1.29, 1.82) is 0 Å².